The molecule has 1 unspecified atom stereocenters. The predicted octanol–water partition coefficient (Wildman–Crippen LogP) is 4.85. The zero-order valence-corrected chi connectivity index (χ0v) is 19.2. The SMILES string of the molecule is O=C(NC1N=C(c2ccccc2)c2ccccc2NC1=O)c1ccc(C(F)(F)F)cc1N1CCCC1. The van der Waals surface area contributed by atoms with Crippen LogP contribution in [0.25, 0.3) is 0 Å². The average Bonchev–Trinajstić information content (AvgIpc) is 3.37. The van der Waals surface area contributed by atoms with Crippen molar-refractivity contribution in [2.75, 3.05) is 23.3 Å². The first-order valence-electron chi connectivity index (χ1n) is 11.6. The van der Waals surface area contributed by atoms with Crippen molar-refractivity contribution >= 4 is 28.9 Å². The van der Waals surface area contributed by atoms with Crippen molar-refractivity contribution in [3.8, 4) is 0 Å². The van der Waals surface area contributed by atoms with Crippen LogP contribution in [0.5, 0.6) is 0 Å². The third-order valence-corrected chi connectivity index (χ3v) is 6.28. The topological polar surface area (TPSA) is 73.8 Å². The smallest absolute Gasteiger partial charge is 0.371 e. The highest BCUT2D eigenvalue weighted by atomic mass is 19.4. The van der Waals surface area contributed by atoms with Gasteiger partial charge in [0.15, 0.2) is 0 Å². The molecule has 6 nitrogen and oxygen atoms in total. The van der Waals surface area contributed by atoms with Gasteiger partial charge in [-0.15, -0.1) is 0 Å². The summed E-state index contributed by atoms with van der Waals surface area (Å²) in [5, 5.41) is 5.44. The second-order valence-corrected chi connectivity index (χ2v) is 8.68. The van der Waals surface area contributed by atoms with Gasteiger partial charge in [-0.1, -0.05) is 48.5 Å². The maximum atomic E-state index is 13.4. The van der Waals surface area contributed by atoms with Crippen LogP contribution in [0.4, 0.5) is 24.5 Å². The Morgan fingerprint density at radius 3 is 2.39 bits per heavy atom. The minimum Gasteiger partial charge on any atom is -0.371 e. The van der Waals surface area contributed by atoms with E-state index in [4.69, 9.17) is 0 Å². The van der Waals surface area contributed by atoms with Gasteiger partial charge in [0.1, 0.15) is 0 Å². The molecule has 2 aliphatic heterocycles. The van der Waals surface area contributed by atoms with Gasteiger partial charge in [-0.2, -0.15) is 13.2 Å². The van der Waals surface area contributed by atoms with E-state index in [2.05, 4.69) is 15.6 Å². The molecule has 36 heavy (non-hydrogen) atoms. The zero-order valence-electron chi connectivity index (χ0n) is 19.2. The fraction of sp³-hybridized carbons (Fsp3) is 0.222. The summed E-state index contributed by atoms with van der Waals surface area (Å²) in [7, 11) is 0. The lowest BCUT2D eigenvalue weighted by Gasteiger charge is -2.23. The third-order valence-electron chi connectivity index (χ3n) is 6.28. The summed E-state index contributed by atoms with van der Waals surface area (Å²) in [6.45, 7) is 1.11. The number of aliphatic imine (C=N–C) groups is 1. The molecule has 1 saturated heterocycles. The molecule has 184 valence electrons. The highest BCUT2D eigenvalue weighted by Gasteiger charge is 2.34. The number of nitrogens with one attached hydrogen (secondary N) is 2. The van der Waals surface area contributed by atoms with Crippen LogP contribution >= 0.6 is 0 Å². The molecule has 0 spiro atoms. The van der Waals surface area contributed by atoms with E-state index in [1.165, 1.54) is 0 Å². The molecule has 2 amide bonds. The van der Waals surface area contributed by atoms with Gasteiger partial charge in [-0.25, -0.2) is 4.99 Å². The first-order chi connectivity index (χ1) is 17.3. The number of para-hydroxylation sites is 1. The van der Waals surface area contributed by atoms with E-state index in [1.54, 1.807) is 17.0 Å². The Hall–Kier alpha value is -4.14. The predicted molar refractivity (Wildman–Crippen MR) is 131 cm³/mol. The summed E-state index contributed by atoms with van der Waals surface area (Å²) in [6, 6.07) is 19.5. The van der Waals surface area contributed by atoms with Gasteiger partial charge >= 0.3 is 6.18 Å². The Kier molecular flexibility index (Phi) is 6.22. The number of amides is 2. The molecule has 2 N–H and O–H groups in total. The number of hydrogen-bond donors (Lipinski definition) is 2. The van der Waals surface area contributed by atoms with Gasteiger partial charge in [0.05, 0.1) is 28.2 Å². The summed E-state index contributed by atoms with van der Waals surface area (Å²) in [4.78, 5) is 32.8. The molecular formula is C27H23F3N4O2. The number of carbonyl (C=O) groups is 2. The molecule has 2 aliphatic rings. The van der Waals surface area contributed by atoms with Crippen molar-refractivity contribution in [1.29, 1.82) is 0 Å². The summed E-state index contributed by atoms with van der Waals surface area (Å²) in [5.41, 5.74) is 1.96. The van der Waals surface area contributed by atoms with E-state index in [-0.39, 0.29) is 11.3 Å². The first kappa shape index (κ1) is 23.6. The van der Waals surface area contributed by atoms with Crippen LogP contribution < -0.4 is 15.5 Å². The summed E-state index contributed by atoms with van der Waals surface area (Å²) in [5.74, 6) is -1.22. The number of fused-ring (bicyclic) bond motifs is 1. The van der Waals surface area contributed by atoms with Gasteiger partial charge in [0, 0.05) is 24.2 Å². The van der Waals surface area contributed by atoms with Crippen molar-refractivity contribution in [1.82, 2.24) is 5.32 Å². The second-order valence-electron chi connectivity index (χ2n) is 8.68. The summed E-state index contributed by atoms with van der Waals surface area (Å²) >= 11 is 0. The molecule has 1 atom stereocenters. The molecular weight excluding hydrogens is 469 g/mol. The van der Waals surface area contributed by atoms with E-state index < -0.39 is 29.7 Å². The van der Waals surface area contributed by atoms with Crippen LogP contribution in [0.3, 0.4) is 0 Å². The second kappa shape index (κ2) is 9.49. The van der Waals surface area contributed by atoms with E-state index in [1.807, 2.05) is 42.5 Å². The number of benzene rings is 3. The van der Waals surface area contributed by atoms with Crippen molar-refractivity contribution in [3.05, 3.63) is 95.1 Å². The minimum absolute atomic E-state index is 0.0657. The Balaban J connectivity index is 1.52. The van der Waals surface area contributed by atoms with Crippen LogP contribution in [0.1, 0.15) is 39.9 Å². The minimum atomic E-state index is -4.54. The summed E-state index contributed by atoms with van der Waals surface area (Å²) in [6.07, 6.45) is -4.17. The van der Waals surface area contributed by atoms with Crippen LogP contribution in [-0.4, -0.2) is 36.8 Å². The van der Waals surface area contributed by atoms with Crippen molar-refractivity contribution in [2.24, 2.45) is 4.99 Å². The van der Waals surface area contributed by atoms with Gasteiger partial charge < -0.3 is 15.5 Å². The molecule has 2 heterocycles. The van der Waals surface area contributed by atoms with Gasteiger partial charge in [-0.05, 0) is 37.1 Å². The first-order valence-corrected chi connectivity index (χ1v) is 11.6. The molecule has 1 fully saturated rings. The third kappa shape index (κ3) is 4.68. The van der Waals surface area contributed by atoms with Crippen molar-refractivity contribution in [3.63, 3.8) is 0 Å². The van der Waals surface area contributed by atoms with Crippen LogP contribution in [-0.2, 0) is 11.0 Å². The van der Waals surface area contributed by atoms with Crippen LogP contribution in [0.2, 0.25) is 0 Å². The molecule has 3 aromatic carbocycles. The van der Waals surface area contributed by atoms with Gasteiger partial charge in [-0.3, -0.25) is 9.59 Å². The van der Waals surface area contributed by atoms with E-state index in [0.717, 1.165) is 36.6 Å². The molecule has 0 aliphatic carbocycles. The molecule has 0 aromatic heterocycles. The molecule has 0 bridgehead atoms. The maximum Gasteiger partial charge on any atom is 0.416 e. The Bertz CT molecular complexity index is 1330. The maximum absolute atomic E-state index is 13.4. The monoisotopic (exact) mass is 492 g/mol. The quantitative estimate of drug-likeness (QED) is 0.547. The number of rotatable bonds is 4. The standard InChI is InChI=1S/C27H23F3N4O2/c28-27(29,30)18-12-13-20(22(16-18)34-14-6-7-15-34)25(35)33-24-26(36)31-21-11-5-4-10-19(21)23(32-24)17-8-2-1-3-9-17/h1-5,8-13,16,24H,6-7,14-15H2,(H,31,36)(H,33,35). The van der Waals surface area contributed by atoms with Gasteiger partial charge in [0.25, 0.3) is 11.8 Å². The fourth-order valence-corrected chi connectivity index (χ4v) is 4.50. The molecule has 0 saturated carbocycles. The lowest BCUT2D eigenvalue weighted by Crippen LogP contribution is -2.42. The fourth-order valence-electron chi connectivity index (χ4n) is 4.50. The van der Waals surface area contributed by atoms with E-state index >= 15 is 0 Å². The van der Waals surface area contributed by atoms with E-state index in [9.17, 15) is 22.8 Å². The zero-order chi connectivity index (χ0) is 25.3. The number of benzodiazepines with no additional fused rings is 1. The number of carbonyl (C=O) groups excluding carboxylic acids is 2. The average molecular weight is 493 g/mol. The van der Waals surface area contributed by atoms with Crippen LogP contribution in [0, 0.1) is 0 Å². The molecule has 5 rings (SSSR count). The highest BCUT2D eigenvalue weighted by molar-refractivity contribution is 6.20. The van der Waals surface area contributed by atoms with Crippen molar-refractivity contribution < 1.29 is 22.8 Å². The largest absolute Gasteiger partial charge is 0.416 e. The number of hydrogen-bond acceptors (Lipinski definition) is 4. The molecule has 9 heteroatoms. The number of halogens is 3. The Morgan fingerprint density at radius 2 is 1.67 bits per heavy atom. The lowest BCUT2D eigenvalue weighted by molar-refractivity contribution is -0.137. The normalized spacial score (nSPS) is 17.6. The van der Waals surface area contributed by atoms with Gasteiger partial charge in [0.2, 0.25) is 6.17 Å². The van der Waals surface area contributed by atoms with Crippen LogP contribution in [0.15, 0.2) is 77.8 Å². The number of nitrogens with zero attached hydrogens (tertiary/aromatic N) is 2. The Morgan fingerprint density at radius 1 is 0.972 bits per heavy atom. The molecule has 0 radical (unpaired) electrons. The molecule has 3 aromatic rings. The summed E-state index contributed by atoms with van der Waals surface area (Å²) < 4.78 is 40.2. The van der Waals surface area contributed by atoms with E-state index in [0.29, 0.717) is 30.1 Å². The Labute approximate surface area is 205 Å². The highest BCUT2D eigenvalue weighted by Crippen LogP contribution is 2.35. The lowest BCUT2D eigenvalue weighted by atomic mass is 10.0. The number of anilines is 2. The van der Waals surface area contributed by atoms with Crippen molar-refractivity contribution in [2.45, 2.75) is 25.2 Å². The number of alkyl halides is 3.